The fourth-order valence-corrected chi connectivity index (χ4v) is 4.33. The molecule has 2 aliphatic rings. The number of halogens is 2. The van der Waals surface area contributed by atoms with Crippen molar-refractivity contribution in [2.24, 2.45) is 0 Å². The average molecular weight is 519 g/mol. The van der Waals surface area contributed by atoms with Gasteiger partial charge in [0.1, 0.15) is 17.4 Å². The maximum Gasteiger partial charge on any atom is 0.156 e. The summed E-state index contributed by atoms with van der Waals surface area (Å²) in [6.07, 6.45) is 8.26. The quantitative estimate of drug-likeness (QED) is 0.490. The van der Waals surface area contributed by atoms with E-state index in [4.69, 9.17) is 29.4 Å². The van der Waals surface area contributed by atoms with Gasteiger partial charge in [-0.3, -0.25) is 0 Å². The number of fused-ring (bicyclic) bond motifs is 1. The van der Waals surface area contributed by atoms with Crippen LogP contribution in [0.15, 0.2) is 24.3 Å². The van der Waals surface area contributed by atoms with Crippen LogP contribution in [-0.4, -0.2) is 59.4 Å². The first-order valence-corrected chi connectivity index (χ1v) is 11.7. The zero-order valence-corrected chi connectivity index (χ0v) is 21.7. The smallest absolute Gasteiger partial charge is 0.156 e. The number of hydrogen-bond donors (Lipinski definition) is 1. The van der Waals surface area contributed by atoms with Gasteiger partial charge in [0.25, 0.3) is 0 Å². The minimum atomic E-state index is 0. The van der Waals surface area contributed by atoms with Gasteiger partial charge in [0.05, 0.1) is 29.5 Å². The highest BCUT2D eigenvalue weighted by molar-refractivity contribution is 5.85. The molecule has 5 rings (SSSR count). The fraction of sp³-hybridized carbons (Fsp3) is 0.440. The average Bonchev–Trinajstić information content (AvgIpc) is 3.38. The number of methoxy groups -OCH3 is 1. The molecule has 2 saturated heterocycles. The van der Waals surface area contributed by atoms with E-state index in [1.165, 1.54) is 12.8 Å². The second kappa shape index (κ2) is 12.3. The van der Waals surface area contributed by atoms with Gasteiger partial charge >= 0.3 is 0 Å². The topological polar surface area (TPSA) is 85.3 Å². The Hall–Kier alpha value is -2.68. The van der Waals surface area contributed by atoms with E-state index in [0.717, 1.165) is 79.0 Å². The van der Waals surface area contributed by atoms with Gasteiger partial charge in [0.15, 0.2) is 5.82 Å². The molecule has 8 nitrogen and oxygen atoms in total. The molecule has 4 heterocycles. The largest absolute Gasteiger partial charge is 0.497 e. The van der Waals surface area contributed by atoms with Crippen LogP contribution in [0.4, 0.5) is 11.6 Å². The summed E-state index contributed by atoms with van der Waals surface area (Å²) in [5, 5.41) is 3.60. The maximum absolute atomic E-state index is 5.50. The lowest BCUT2D eigenvalue weighted by Gasteiger charge is -2.24. The number of nitrogens with zero attached hydrogens (tertiary/aromatic N) is 5. The minimum absolute atomic E-state index is 0. The van der Waals surface area contributed by atoms with E-state index in [-0.39, 0.29) is 24.8 Å². The second-order valence-corrected chi connectivity index (χ2v) is 8.58. The van der Waals surface area contributed by atoms with Crippen molar-refractivity contribution in [1.82, 2.24) is 19.9 Å². The van der Waals surface area contributed by atoms with Crippen molar-refractivity contribution in [3.8, 4) is 5.75 Å². The predicted molar refractivity (Wildman–Crippen MR) is 145 cm³/mol. The van der Waals surface area contributed by atoms with Gasteiger partial charge in [0, 0.05) is 44.5 Å². The van der Waals surface area contributed by atoms with E-state index >= 15 is 0 Å². The Bertz CT molecular complexity index is 1160. The lowest BCUT2D eigenvalue weighted by atomic mass is 10.1. The number of hydrogen-bond acceptors (Lipinski definition) is 8. The minimum Gasteiger partial charge on any atom is -0.497 e. The lowest BCUT2D eigenvalue weighted by Crippen LogP contribution is -2.28. The van der Waals surface area contributed by atoms with Crippen LogP contribution in [-0.2, 0) is 4.74 Å². The van der Waals surface area contributed by atoms with Crippen LogP contribution < -0.4 is 15.0 Å². The number of aromatic nitrogens is 4. The molecule has 0 unspecified atom stereocenters. The highest BCUT2D eigenvalue weighted by atomic mass is 35.5. The van der Waals surface area contributed by atoms with Crippen LogP contribution in [0.1, 0.15) is 42.9 Å². The molecule has 2 aromatic heterocycles. The van der Waals surface area contributed by atoms with Gasteiger partial charge in [-0.1, -0.05) is 0 Å². The molecule has 0 atom stereocenters. The van der Waals surface area contributed by atoms with E-state index in [1.54, 1.807) is 7.11 Å². The molecule has 0 spiro atoms. The first-order valence-electron chi connectivity index (χ1n) is 11.7. The van der Waals surface area contributed by atoms with E-state index in [1.807, 2.05) is 37.3 Å². The number of aryl methyl sites for hydroxylation is 1. The molecule has 1 N–H and O–H groups in total. The van der Waals surface area contributed by atoms with Crippen LogP contribution in [0, 0.1) is 6.92 Å². The molecule has 0 radical (unpaired) electrons. The third-order valence-electron chi connectivity index (χ3n) is 6.21. The zero-order chi connectivity index (χ0) is 22.6. The summed E-state index contributed by atoms with van der Waals surface area (Å²) >= 11 is 0. The molecular weight excluding hydrogens is 487 g/mol. The number of benzene rings is 1. The summed E-state index contributed by atoms with van der Waals surface area (Å²) in [5.74, 6) is 3.27. The lowest BCUT2D eigenvalue weighted by molar-refractivity contribution is 0.0904. The van der Waals surface area contributed by atoms with Gasteiger partial charge in [-0.05, 0) is 56.9 Å². The summed E-state index contributed by atoms with van der Waals surface area (Å²) in [6, 6.07) is 8.18. The number of ether oxygens (including phenoxy) is 2. The molecule has 2 fully saturated rings. The molecule has 188 valence electrons. The molecule has 10 heteroatoms. The Morgan fingerprint density at radius 3 is 2.49 bits per heavy atom. The highest BCUT2D eigenvalue weighted by Gasteiger charge is 2.18. The van der Waals surface area contributed by atoms with E-state index < -0.39 is 0 Å². The van der Waals surface area contributed by atoms with Crippen molar-refractivity contribution < 1.29 is 9.47 Å². The van der Waals surface area contributed by atoms with E-state index in [0.29, 0.717) is 11.9 Å². The van der Waals surface area contributed by atoms with Gasteiger partial charge in [0.2, 0.25) is 0 Å². The molecule has 1 aromatic carbocycles. The number of anilines is 2. The number of rotatable bonds is 6. The molecular formula is C25H32Cl2N6O2. The molecule has 0 saturated carbocycles. The highest BCUT2D eigenvalue weighted by Crippen LogP contribution is 2.24. The van der Waals surface area contributed by atoms with Crippen molar-refractivity contribution in [1.29, 1.82) is 0 Å². The van der Waals surface area contributed by atoms with Crippen molar-refractivity contribution >= 4 is 59.6 Å². The van der Waals surface area contributed by atoms with Crippen LogP contribution >= 0.6 is 24.8 Å². The third-order valence-corrected chi connectivity index (χ3v) is 6.21. The first kappa shape index (κ1) is 26.9. The van der Waals surface area contributed by atoms with Crippen LogP contribution in [0.3, 0.4) is 0 Å². The Balaban J connectivity index is 0.00000171. The summed E-state index contributed by atoms with van der Waals surface area (Å²) in [6.45, 7) is 5.62. The summed E-state index contributed by atoms with van der Waals surface area (Å²) in [5.41, 5.74) is 3.30. The van der Waals surface area contributed by atoms with Crippen molar-refractivity contribution in [3.63, 3.8) is 0 Å². The van der Waals surface area contributed by atoms with E-state index in [2.05, 4.69) is 16.3 Å². The molecule has 3 aromatic rings. The van der Waals surface area contributed by atoms with Crippen molar-refractivity contribution in [2.75, 3.05) is 43.6 Å². The van der Waals surface area contributed by atoms with Gasteiger partial charge < -0.3 is 19.7 Å². The standard InChI is InChI=1S/C25H30N6O2.2ClH/c1-17-20(28-22-15-19(32-2)5-6-21(22)26-17)7-8-23-29-24(27-18-9-13-33-14-10-18)16-25(30-23)31-11-3-4-12-31;;/h5-8,15-16,18H,3-4,9-14H2,1-2H3,(H,27,29,30);2*1H/b8-7+;;. The SMILES string of the molecule is COc1ccc2nc(C)c(/C=C/c3nc(NC4CCOCC4)cc(N4CCCC4)n3)nc2c1.Cl.Cl. The molecule has 0 bridgehead atoms. The summed E-state index contributed by atoms with van der Waals surface area (Å²) in [7, 11) is 1.65. The van der Waals surface area contributed by atoms with Crippen LogP contribution in [0.2, 0.25) is 0 Å². The predicted octanol–water partition coefficient (Wildman–Crippen LogP) is 4.94. The maximum atomic E-state index is 5.50. The molecule has 0 amide bonds. The molecule has 35 heavy (non-hydrogen) atoms. The van der Waals surface area contributed by atoms with Crippen molar-refractivity contribution in [2.45, 2.75) is 38.6 Å². The fourth-order valence-electron chi connectivity index (χ4n) is 4.33. The summed E-state index contributed by atoms with van der Waals surface area (Å²) < 4.78 is 10.8. The monoisotopic (exact) mass is 518 g/mol. The Kier molecular flexibility index (Phi) is 9.48. The van der Waals surface area contributed by atoms with Gasteiger partial charge in [-0.15, -0.1) is 24.8 Å². The Morgan fingerprint density at radius 2 is 1.74 bits per heavy atom. The Morgan fingerprint density at radius 1 is 0.971 bits per heavy atom. The molecule has 0 aliphatic carbocycles. The number of nitrogens with one attached hydrogen (secondary N) is 1. The molecule has 2 aliphatic heterocycles. The Labute approximate surface area is 218 Å². The van der Waals surface area contributed by atoms with E-state index in [9.17, 15) is 0 Å². The summed E-state index contributed by atoms with van der Waals surface area (Å²) in [4.78, 5) is 21.4. The van der Waals surface area contributed by atoms with Crippen molar-refractivity contribution in [3.05, 3.63) is 41.5 Å². The van der Waals surface area contributed by atoms with Gasteiger partial charge in [-0.25, -0.2) is 19.9 Å². The normalized spacial score (nSPS) is 16.2. The first-order chi connectivity index (χ1) is 16.2. The van der Waals surface area contributed by atoms with Crippen LogP contribution in [0.5, 0.6) is 5.75 Å². The van der Waals surface area contributed by atoms with Gasteiger partial charge in [-0.2, -0.15) is 0 Å². The third kappa shape index (κ3) is 6.51. The zero-order valence-electron chi connectivity index (χ0n) is 20.1. The van der Waals surface area contributed by atoms with Crippen LogP contribution in [0.25, 0.3) is 23.2 Å². The second-order valence-electron chi connectivity index (χ2n) is 8.58.